The predicted octanol–water partition coefficient (Wildman–Crippen LogP) is 3.75. The van der Waals surface area contributed by atoms with Crippen molar-refractivity contribution in [1.29, 1.82) is 0 Å². The minimum absolute atomic E-state index is 0.439. The number of aromatic nitrogens is 3. The molecule has 0 saturated heterocycles. The van der Waals surface area contributed by atoms with Gasteiger partial charge in [0.1, 0.15) is 0 Å². The van der Waals surface area contributed by atoms with Crippen LogP contribution in [0, 0.1) is 0 Å². The first kappa shape index (κ1) is 14.4. The molecule has 0 atom stereocenters. The predicted molar refractivity (Wildman–Crippen MR) is 91.2 cm³/mol. The van der Waals surface area contributed by atoms with Crippen LogP contribution < -0.4 is 0 Å². The van der Waals surface area contributed by atoms with Crippen molar-refractivity contribution >= 4 is 10.8 Å². The SMILES string of the molecule is CC(C)(O)Cn1nc(C2CC2)nc1-c1ccc2ccccc2c1. The number of hydrogen-bond donors (Lipinski definition) is 1. The van der Waals surface area contributed by atoms with Crippen LogP contribution >= 0.6 is 0 Å². The quantitative estimate of drug-likeness (QED) is 0.798. The molecular weight excluding hydrogens is 286 g/mol. The summed E-state index contributed by atoms with van der Waals surface area (Å²) in [7, 11) is 0. The maximum atomic E-state index is 10.2. The average Bonchev–Trinajstić information content (AvgIpc) is 3.27. The smallest absolute Gasteiger partial charge is 0.158 e. The molecular formula is C19H21N3O. The van der Waals surface area contributed by atoms with E-state index in [1.54, 1.807) is 13.8 Å². The fourth-order valence-corrected chi connectivity index (χ4v) is 2.89. The van der Waals surface area contributed by atoms with E-state index >= 15 is 0 Å². The summed E-state index contributed by atoms with van der Waals surface area (Å²) in [4.78, 5) is 4.77. The van der Waals surface area contributed by atoms with Gasteiger partial charge in [0.05, 0.1) is 12.1 Å². The Bertz CT molecular complexity index is 856. The Morgan fingerprint density at radius 1 is 1.13 bits per heavy atom. The van der Waals surface area contributed by atoms with Crippen molar-refractivity contribution in [2.24, 2.45) is 0 Å². The number of fused-ring (bicyclic) bond motifs is 1. The van der Waals surface area contributed by atoms with Crippen LogP contribution in [0.15, 0.2) is 42.5 Å². The van der Waals surface area contributed by atoms with E-state index in [9.17, 15) is 5.11 Å². The maximum Gasteiger partial charge on any atom is 0.158 e. The average molecular weight is 307 g/mol. The fourth-order valence-electron chi connectivity index (χ4n) is 2.89. The summed E-state index contributed by atoms with van der Waals surface area (Å²) in [5, 5.41) is 17.3. The second kappa shape index (κ2) is 5.17. The molecule has 4 nitrogen and oxygen atoms in total. The first-order chi connectivity index (χ1) is 11.0. The second-order valence-corrected chi connectivity index (χ2v) is 7.10. The van der Waals surface area contributed by atoms with E-state index in [4.69, 9.17) is 4.98 Å². The van der Waals surface area contributed by atoms with Crippen LogP contribution in [0.25, 0.3) is 22.2 Å². The summed E-state index contributed by atoms with van der Waals surface area (Å²) >= 11 is 0. The third-order valence-electron chi connectivity index (χ3n) is 4.17. The summed E-state index contributed by atoms with van der Waals surface area (Å²) in [6, 6.07) is 14.7. The van der Waals surface area contributed by atoms with E-state index in [-0.39, 0.29) is 0 Å². The van der Waals surface area contributed by atoms with Crippen LogP contribution in [0.5, 0.6) is 0 Å². The number of rotatable bonds is 4. The standard InChI is InChI=1S/C19H21N3O/c1-19(2,23)12-22-18(20-17(21-22)14-8-9-14)16-10-7-13-5-3-4-6-15(13)11-16/h3-7,10-11,14,23H,8-9,12H2,1-2H3. The van der Waals surface area contributed by atoms with Gasteiger partial charge in [0, 0.05) is 11.5 Å². The van der Waals surface area contributed by atoms with Crippen molar-refractivity contribution in [3.63, 3.8) is 0 Å². The van der Waals surface area contributed by atoms with Crippen molar-refractivity contribution in [3.05, 3.63) is 48.3 Å². The van der Waals surface area contributed by atoms with Crippen molar-refractivity contribution in [2.75, 3.05) is 0 Å². The van der Waals surface area contributed by atoms with Crippen molar-refractivity contribution in [3.8, 4) is 11.4 Å². The Labute approximate surface area is 135 Å². The lowest BCUT2D eigenvalue weighted by atomic mass is 10.1. The number of benzene rings is 2. The zero-order chi connectivity index (χ0) is 16.0. The Morgan fingerprint density at radius 2 is 1.87 bits per heavy atom. The van der Waals surface area contributed by atoms with Crippen molar-refractivity contribution in [1.82, 2.24) is 14.8 Å². The minimum atomic E-state index is -0.819. The van der Waals surface area contributed by atoms with Crippen LogP contribution in [-0.4, -0.2) is 25.5 Å². The molecule has 1 aliphatic rings. The fraction of sp³-hybridized carbons (Fsp3) is 0.368. The van der Waals surface area contributed by atoms with E-state index in [2.05, 4.69) is 35.4 Å². The van der Waals surface area contributed by atoms with E-state index in [1.165, 1.54) is 23.6 Å². The molecule has 1 saturated carbocycles. The van der Waals surface area contributed by atoms with Gasteiger partial charge < -0.3 is 5.11 Å². The summed E-state index contributed by atoms with van der Waals surface area (Å²) in [5.74, 6) is 2.26. The van der Waals surface area contributed by atoms with Gasteiger partial charge in [-0.15, -0.1) is 0 Å². The van der Waals surface area contributed by atoms with E-state index in [0.29, 0.717) is 12.5 Å². The van der Waals surface area contributed by atoms with Crippen LogP contribution in [0.2, 0.25) is 0 Å². The molecule has 0 aliphatic heterocycles. The second-order valence-electron chi connectivity index (χ2n) is 7.10. The Kier molecular flexibility index (Phi) is 3.23. The maximum absolute atomic E-state index is 10.2. The largest absolute Gasteiger partial charge is 0.389 e. The molecule has 23 heavy (non-hydrogen) atoms. The summed E-state index contributed by atoms with van der Waals surface area (Å²) < 4.78 is 1.86. The first-order valence-corrected chi connectivity index (χ1v) is 8.16. The zero-order valence-corrected chi connectivity index (χ0v) is 13.5. The van der Waals surface area contributed by atoms with Crippen molar-refractivity contribution < 1.29 is 5.11 Å². The van der Waals surface area contributed by atoms with Crippen molar-refractivity contribution in [2.45, 2.75) is 44.8 Å². The third-order valence-corrected chi connectivity index (χ3v) is 4.17. The molecule has 0 radical (unpaired) electrons. The summed E-state index contributed by atoms with van der Waals surface area (Å²) in [6.45, 7) is 4.04. The summed E-state index contributed by atoms with van der Waals surface area (Å²) in [5.41, 5.74) is 0.229. The Balaban J connectivity index is 1.81. The highest BCUT2D eigenvalue weighted by Gasteiger charge is 2.30. The number of nitrogens with zero attached hydrogens (tertiary/aromatic N) is 3. The van der Waals surface area contributed by atoms with Gasteiger partial charge in [-0.05, 0) is 43.5 Å². The molecule has 0 unspecified atom stereocenters. The highest BCUT2D eigenvalue weighted by Crippen LogP contribution is 2.39. The molecule has 3 aromatic rings. The third kappa shape index (κ3) is 2.99. The summed E-state index contributed by atoms with van der Waals surface area (Å²) in [6.07, 6.45) is 2.34. The molecule has 0 spiro atoms. The molecule has 4 heteroatoms. The van der Waals surface area contributed by atoms with Gasteiger partial charge in [-0.3, -0.25) is 0 Å². The molecule has 0 amide bonds. The van der Waals surface area contributed by atoms with Gasteiger partial charge in [-0.25, -0.2) is 9.67 Å². The van der Waals surface area contributed by atoms with Gasteiger partial charge >= 0.3 is 0 Å². The molecule has 1 heterocycles. The molecule has 1 aromatic heterocycles. The van der Waals surface area contributed by atoms with E-state index < -0.39 is 5.60 Å². The van der Waals surface area contributed by atoms with Crippen LogP contribution in [0.4, 0.5) is 0 Å². The van der Waals surface area contributed by atoms with Crippen LogP contribution in [-0.2, 0) is 6.54 Å². The van der Waals surface area contributed by atoms with Crippen LogP contribution in [0.3, 0.4) is 0 Å². The minimum Gasteiger partial charge on any atom is -0.389 e. The molecule has 1 N–H and O–H groups in total. The lowest BCUT2D eigenvalue weighted by Crippen LogP contribution is -2.27. The monoisotopic (exact) mass is 307 g/mol. The van der Waals surface area contributed by atoms with Gasteiger partial charge in [-0.1, -0.05) is 36.4 Å². The molecule has 2 aromatic carbocycles. The van der Waals surface area contributed by atoms with Crippen LogP contribution in [0.1, 0.15) is 38.4 Å². The Morgan fingerprint density at radius 3 is 2.57 bits per heavy atom. The van der Waals surface area contributed by atoms with E-state index in [0.717, 1.165) is 17.2 Å². The topological polar surface area (TPSA) is 50.9 Å². The zero-order valence-electron chi connectivity index (χ0n) is 13.5. The highest BCUT2D eigenvalue weighted by atomic mass is 16.3. The lowest BCUT2D eigenvalue weighted by Gasteiger charge is -2.18. The first-order valence-electron chi connectivity index (χ1n) is 8.16. The lowest BCUT2D eigenvalue weighted by molar-refractivity contribution is 0.0581. The molecule has 1 fully saturated rings. The molecule has 118 valence electrons. The molecule has 1 aliphatic carbocycles. The Hall–Kier alpha value is -2.20. The van der Waals surface area contributed by atoms with E-state index in [1.807, 2.05) is 16.8 Å². The van der Waals surface area contributed by atoms with Gasteiger partial charge in [-0.2, -0.15) is 5.10 Å². The number of hydrogen-bond acceptors (Lipinski definition) is 3. The van der Waals surface area contributed by atoms with Gasteiger partial charge in [0.25, 0.3) is 0 Å². The normalized spacial score (nSPS) is 15.3. The molecule has 0 bridgehead atoms. The number of aliphatic hydroxyl groups is 1. The van der Waals surface area contributed by atoms with Gasteiger partial charge in [0.15, 0.2) is 11.6 Å². The van der Waals surface area contributed by atoms with Gasteiger partial charge in [0.2, 0.25) is 0 Å². The highest BCUT2D eigenvalue weighted by molar-refractivity contribution is 5.86. The molecule has 4 rings (SSSR count).